The van der Waals surface area contributed by atoms with Gasteiger partial charge < -0.3 is 15.4 Å². The van der Waals surface area contributed by atoms with Gasteiger partial charge in [0.25, 0.3) is 5.91 Å². The molecular weight excluding hydrogens is 328 g/mol. The molecule has 24 heavy (non-hydrogen) atoms. The molecule has 5 nitrogen and oxygen atoms in total. The molecule has 0 spiro atoms. The van der Waals surface area contributed by atoms with E-state index in [4.69, 9.17) is 16.3 Å². The number of rotatable bonds is 6. The second kappa shape index (κ2) is 8.36. The lowest BCUT2D eigenvalue weighted by Crippen LogP contribution is -2.25. The lowest BCUT2D eigenvalue weighted by molar-refractivity contribution is -0.114. The van der Waals surface area contributed by atoms with Gasteiger partial charge in [0.15, 0.2) is 0 Å². The molecule has 2 aromatic carbocycles. The quantitative estimate of drug-likeness (QED) is 0.843. The van der Waals surface area contributed by atoms with Crippen molar-refractivity contribution in [1.29, 1.82) is 0 Å². The molecule has 0 aromatic heterocycles. The maximum absolute atomic E-state index is 12.2. The second-order valence-corrected chi connectivity index (χ2v) is 5.63. The van der Waals surface area contributed by atoms with E-state index in [0.29, 0.717) is 35.0 Å². The molecule has 2 aromatic rings. The van der Waals surface area contributed by atoms with Crippen LogP contribution in [0.5, 0.6) is 5.75 Å². The summed E-state index contributed by atoms with van der Waals surface area (Å²) < 4.78 is 5.11. The zero-order chi connectivity index (χ0) is 17.5. The Hall–Kier alpha value is -2.53. The van der Waals surface area contributed by atoms with Crippen LogP contribution >= 0.6 is 11.6 Å². The largest absolute Gasteiger partial charge is 0.497 e. The Kier molecular flexibility index (Phi) is 6.21. The maximum Gasteiger partial charge on any atom is 0.251 e. The van der Waals surface area contributed by atoms with E-state index in [1.807, 2.05) is 12.1 Å². The number of amides is 2. The highest BCUT2D eigenvalue weighted by Crippen LogP contribution is 2.22. The van der Waals surface area contributed by atoms with Crippen molar-refractivity contribution in [3.8, 4) is 5.75 Å². The first kappa shape index (κ1) is 17.8. The van der Waals surface area contributed by atoms with Crippen molar-refractivity contribution in [2.75, 3.05) is 19.0 Å². The van der Waals surface area contributed by atoms with Crippen molar-refractivity contribution in [2.24, 2.45) is 0 Å². The summed E-state index contributed by atoms with van der Waals surface area (Å²) >= 11 is 6.18. The highest BCUT2D eigenvalue weighted by Gasteiger charge is 2.08. The van der Waals surface area contributed by atoms with Gasteiger partial charge in [-0.2, -0.15) is 0 Å². The second-order valence-electron chi connectivity index (χ2n) is 5.23. The Morgan fingerprint density at radius 2 is 1.96 bits per heavy atom. The monoisotopic (exact) mass is 346 g/mol. The molecule has 2 rings (SSSR count). The van der Waals surface area contributed by atoms with Gasteiger partial charge in [-0.3, -0.25) is 9.59 Å². The van der Waals surface area contributed by atoms with Crippen LogP contribution in [0.1, 0.15) is 22.8 Å². The van der Waals surface area contributed by atoms with Crippen molar-refractivity contribution in [2.45, 2.75) is 13.3 Å². The Labute approximate surface area is 146 Å². The van der Waals surface area contributed by atoms with Gasteiger partial charge in [-0.05, 0) is 42.3 Å². The van der Waals surface area contributed by atoms with Crippen LogP contribution in [0.2, 0.25) is 5.02 Å². The van der Waals surface area contributed by atoms with Gasteiger partial charge in [0.1, 0.15) is 5.75 Å². The van der Waals surface area contributed by atoms with E-state index in [1.54, 1.807) is 37.4 Å². The van der Waals surface area contributed by atoms with Crippen molar-refractivity contribution >= 4 is 29.1 Å². The first-order valence-corrected chi connectivity index (χ1v) is 7.85. The van der Waals surface area contributed by atoms with E-state index in [9.17, 15) is 9.59 Å². The molecule has 6 heteroatoms. The van der Waals surface area contributed by atoms with Gasteiger partial charge in [0.2, 0.25) is 5.91 Å². The van der Waals surface area contributed by atoms with E-state index < -0.39 is 0 Å². The third-order valence-corrected chi connectivity index (χ3v) is 3.74. The number of hydrogen-bond acceptors (Lipinski definition) is 3. The normalized spacial score (nSPS) is 10.1. The third-order valence-electron chi connectivity index (χ3n) is 3.39. The average Bonchev–Trinajstić information content (AvgIpc) is 2.55. The Morgan fingerprint density at radius 1 is 1.17 bits per heavy atom. The molecule has 126 valence electrons. The van der Waals surface area contributed by atoms with Crippen LogP contribution in [0.25, 0.3) is 0 Å². The number of carbonyl (C=O) groups excluding carboxylic acids is 2. The van der Waals surface area contributed by atoms with E-state index in [-0.39, 0.29) is 11.8 Å². The standard InChI is InChI=1S/C18H19ClN2O3/c1-12(22)21-15-5-3-4-14(10-15)18(23)20-9-8-13-6-7-16(24-2)11-17(13)19/h3-7,10-11H,8-9H2,1-2H3,(H,20,23)(H,21,22). The van der Waals surface area contributed by atoms with Gasteiger partial charge in [0, 0.05) is 29.7 Å². The minimum atomic E-state index is -0.202. The Balaban J connectivity index is 1.92. The molecule has 0 unspecified atom stereocenters. The zero-order valence-corrected chi connectivity index (χ0v) is 14.3. The Bertz CT molecular complexity index is 747. The lowest BCUT2D eigenvalue weighted by atomic mass is 10.1. The fraction of sp³-hybridized carbons (Fsp3) is 0.222. The molecule has 0 aliphatic rings. The molecule has 2 N–H and O–H groups in total. The summed E-state index contributed by atoms with van der Waals surface area (Å²) in [7, 11) is 1.58. The van der Waals surface area contributed by atoms with E-state index >= 15 is 0 Å². The smallest absolute Gasteiger partial charge is 0.251 e. The van der Waals surface area contributed by atoms with Crippen molar-refractivity contribution in [3.63, 3.8) is 0 Å². The lowest BCUT2D eigenvalue weighted by Gasteiger charge is -2.09. The number of benzene rings is 2. The summed E-state index contributed by atoms with van der Waals surface area (Å²) in [6.07, 6.45) is 0.611. The van der Waals surface area contributed by atoms with Crippen LogP contribution < -0.4 is 15.4 Å². The zero-order valence-electron chi connectivity index (χ0n) is 13.6. The fourth-order valence-electron chi connectivity index (χ4n) is 2.21. The van der Waals surface area contributed by atoms with Crippen molar-refractivity contribution in [1.82, 2.24) is 5.32 Å². The molecule has 0 saturated carbocycles. The van der Waals surface area contributed by atoms with Crippen molar-refractivity contribution in [3.05, 3.63) is 58.6 Å². The summed E-state index contributed by atoms with van der Waals surface area (Å²) in [6.45, 7) is 1.88. The first-order chi connectivity index (χ1) is 11.5. The van der Waals surface area contributed by atoms with Gasteiger partial charge in [0.05, 0.1) is 7.11 Å². The summed E-state index contributed by atoms with van der Waals surface area (Å²) in [5, 5.41) is 6.10. The molecule has 0 bridgehead atoms. The number of anilines is 1. The van der Waals surface area contributed by atoms with Crippen LogP contribution in [-0.4, -0.2) is 25.5 Å². The predicted octanol–water partition coefficient (Wildman–Crippen LogP) is 3.28. The number of nitrogens with one attached hydrogen (secondary N) is 2. The summed E-state index contributed by atoms with van der Waals surface area (Å²) in [4.78, 5) is 23.2. The van der Waals surface area contributed by atoms with Crippen molar-refractivity contribution < 1.29 is 14.3 Å². The van der Waals surface area contributed by atoms with E-state index in [0.717, 1.165) is 5.56 Å². The molecular formula is C18H19ClN2O3. The predicted molar refractivity (Wildman–Crippen MR) is 94.8 cm³/mol. The first-order valence-electron chi connectivity index (χ1n) is 7.48. The molecule has 0 atom stereocenters. The SMILES string of the molecule is COc1ccc(CCNC(=O)c2cccc(NC(C)=O)c2)c(Cl)c1. The summed E-state index contributed by atoms with van der Waals surface area (Å²) in [5.74, 6) is 0.316. The number of ether oxygens (including phenoxy) is 1. The molecule has 2 amide bonds. The number of halogens is 1. The van der Waals surface area contributed by atoms with Gasteiger partial charge in [-0.1, -0.05) is 23.7 Å². The van der Waals surface area contributed by atoms with Crippen LogP contribution in [0, 0.1) is 0 Å². The summed E-state index contributed by atoms with van der Waals surface area (Å²) in [5.41, 5.74) is 2.01. The highest BCUT2D eigenvalue weighted by atomic mass is 35.5. The van der Waals surface area contributed by atoms with Crippen LogP contribution in [0.4, 0.5) is 5.69 Å². The molecule has 0 radical (unpaired) electrons. The van der Waals surface area contributed by atoms with Crippen LogP contribution in [0.15, 0.2) is 42.5 Å². The maximum atomic E-state index is 12.2. The molecule has 0 heterocycles. The Morgan fingerprint density at radius 3 is 2.62 bits per heavy atom. The highest BCUT2D eigenvalue weighted by molar-refractivity contribution is 6.31. The topological polar surface area (TPSA) is 67.4 Å². The molecule has 0 aliphatic heterocycles. The summed E-state index contributed by atoms with van der Waals surface area (Å²) in [6, 6.07) is 12.2. The number of carbonyl (C=O) groups is 2. The van der Waals surface area contributed by atoms with Crippen LogP contribution in [-0.2, 0) is 11.2 Å². The minimum Gasteiger partial charge on any atom is -0.497 e. The number of hydrogen-bond donors (Lipinski definition) is 2. The van der Waals surface area contributed by atoms with Crippen LogP contribution in [0.3, 0.4) is 0 Å². The average molecular weight is 347 g/mol. The van der Waals surface area contributed by atoms with Gasteiger partial charge in [-0.25, -0.2) is 0 Å². The third kappa shape index (κ3) is 4.99. The van der Waals surface area contributed by atoms with E-state index in [1.165, 1.54) is 6.92 Å². The van der Waals surface area contributed by atoms with E-state index in [2.05, 4.69) is 10.6 Å². The van der Waals surface area contributed by atoms with Gasteiger partial charge >= 0.3 is 0 Å². The molecule has 0 fully saturated rings. The minimum absolute atomic E-state index is 0.179. The molecule has 0 saturated heterocycles. The molecule has 0 aliphatic carbocycles. The number of methoxy groups -OCH3 is 1. The fourth-order valence-corrected chi connectivity index (χ4v) is 2.48. The van der Waals surface area contributed by atoms with Gasteiger partial charge in [-0.15, -0.1) is 0 Å².